The van der Waals surface area contributed by atoms with Gasteiger partial charge in [0.25, 0.3) is 0 Å². The second-order valence-electron chi connectivity index (χ2n) is 6.34. The van der Waals surface area contributed by atoms with Crippen LogP contribution in [0.3, 0.4) is 0 Å². The summed E-state index contributed by atoms with van der Waals surface area (Å²) in [6.07, 6.45) is 3.23. The average Bonchev–Trinajstić information content (AvgIpc) is 2.80. The van der Waals surface area contributed by atoms with Gasteiger partial charge in [0, 0.05) is 30.1 Å². The maximum absolute atomic E-state index is 6.10. The van der Waals surface area contributed by atoms with Gasteiger partial charge in [-0.25, -0.2) is 0 Å². The molecule has 2 heteroatoms. The molecule has 3 aromatic rings. The van der Waals surface area contributed by atoms with Gasteiger partial charge in [-0.1, -0.05) is 47.5 Å². The Kier molecular flexibility index (Phi) is 4.04. The van der Waals surface area contributed by atoms with Crippen molar-refractivity contribution in [3.63, 3.8) is 0 Å². The largest absolute Gasteiger partial charge is 0.350 e. The van der Waals surface area contributed by atoms with Crippen LogP contribution in [0.5, 0.6) is 0 Å². The molecular formula is C20H24N2. The molecule has 1 heterocycles. The quantitative estimate of drug-likeness (QED) is 0.772. The van der Waals surface area contributed by atoms with E-state index < -0.39 is 0 Å². The number of benzene rings is 2. The smallest absolute Gasteiger partial charge is 0.0480 e. The number of aromatic nitrogens is 1. The van der Waals surface area contributed by atoms with Crippen molar-refractivity contribution in [3.8, 4) is 0 Å². The highest BCUT2D eigenvalue weighted by atomic mass is 14.9. The van der Waals surface area contributed by atoms with Crippen molar-refractivity contribution in [1.29, 1.82) is 0 Å². The zero-order chi connectivity index (χ0) is 15.7. The van der Waals surface area contributed by atoms with E-state index in [2.05, 4.69) is 74.1 Å². The first-order valence-electron chi connectivity index (χ1n) is 7.89. The highest BCUT2D eigenvalue weighted by molar-refractivity contribution is 5.84. The maximum Gasteiger partial charge on any atom is 0.0480 e. The van der Waals surface area contributed by atoms with Crippen molar-refractivity contribution in [1.82, 2.24) is 4.57 Å². The molecule has 0 saturated heterocycles. The molecule has 0 fully saturated rings. The van der Waals surface area contributed by atoms with Crippen LogP contribution in [0.15, 0.2) is 48.7 Å². The highest BCUT2D eigenvalue weighted by Gasteiger charge is 2.15. The van der Waals surface area contributed by atoms with Crippen LogP contribution in [-0.2, 0) is 13.5 Å². The molecule has 1 aromatic heterocycles. The summed E-state index contributed by atoms with van der Waals surface area (Å²) in [5, 5.41) is 1.34. The molecule has 2 aromatic carbocycles. The minimum atomic E-state index is 0.365. The Hall–Kier alpha value is -2.06. The topological polar surface area (TPSA) is 30.9 Å². The Morgan fingerprint density at radius 2 is 1.73 bits per heavy atom. The van der Waals surface area contributed by atoms with Gasteiger partial charge in [-0.2, -0.15) is 0 Å². The Morgan fingerprint density at radius 1 is 1.05 bits per heavy atom. The van der Waals surface area contributed by atoms with Crippen LogP contribution in [0, 0.1) is 13.8 Å². The summed E-state index contributed by atoms with van der Waals surface area (Å²) in [7, 11) is 2.11. The summed E-state index contributed by atoms with van der Waals surface area (Å²) < 4.78 is 2.21. The van der Waals surface area contributed by atoms with Crippen LogP contribution in [0.1, 0.15) is 28.2 Å². The molecule has 2 N–H and O–H groups in total. The standard InChI is InChI=1S/C20H24N2/c1-14-8-15(2)10-16(9-14)17(12-21)11-18-13-22(3)20-7-5-4-6-19(18)20/h4-10,13,17H,11-12,21H2,1-3H3. The number of aryl methyl sites for hydroxylation is 3. The molecule has 1 atom stereocenters. The van der Waals surface area contributed by atoms with Crippen LogP contribution in [-0.4, -0.2) is 11.1 Å². The third-order valence-corrected chi connectivity index (χ3v) is 4.45. The van der Waals surface area contributed by atoms with Crippen molar-refractivity contribution in [2.45, 2.75) is 26.2 Å². The van der Waals surface area contributed by atoms with Gasteiger partial charge >= 0.3 is 0 Å². The fourth-order valence-corrected chi connectivity index (χ4v) is 3.44. The molecule has 0 aliphatic rings. The fourth-order valence-electron chi connectivity index (χ4n) is 3.44. The minimum Gasteiger partial charge on any atom is -0.350 e. The van der Waals surface area contributed by atoms with Gasteiger partial charge in [-0.05, 0) is 44.0 Å². The van der Waals surface area contributed by atoms with Crippen molar-refractivity contribution >= 4 is 10.9 Å². The Labute approximate surface area is 132 Å². The highest BCUT2D eigenvalue weighted by Crippen LogP contribution is 2.27. The normalized spacial score (nSPS) is 12.7. The van der Waals surface area contributed by atoms with E-state index in [1.807, 2.05) is 0 Å². The molecule has 0 bridgehead atoms. The van der Waals surface area contributed by atoms with E-state index in [0.29, 0.717) is 12.5 Å². The summed E-state index contributed by atoms with van der Waals surface area (Å²) in [5.74, 6) is 0.365. The summed E-state index contributed by atoms with van der Waals surface area (Å²) in [6.45, 7) is 4.98. The lowest BCUT2D eigenvalue weighted by Gasteiger charge is -2.16. The Balaban J connectivity index is 1.98. The number of hydrogen-bond donors (Lipinski definition) is 1. The first kappa shape index (κ1) is 14.9. The molecular weight excluding hydrogens is 268 g/mol. The van der Waals surface area contributed by atoms with Crippen molar-refractivity contribution in [3.05, 3.63) is 70.9 Å². The molecule has 0 aliphatic carbocycles. The molecule has 1 unspecified atom stereocenters. The minimum absolute atomic E-state index is 0.365. The van der Waals surface area contributed by atoms with Crippen molar-refractivity contribution in [2.24, 2.45) is 12.8 Å². The summed E-state index contributed by atoms with van der Waals surface area (Å²) in [4.78, 5) is 0. The predicted octanol–water partition coefficient (Wildman–Crippen LogP) is 4.08. The van der Waals surface area contributed by atoms with Crippen molar-refractivity contribution < 1.29 is 0 Å². The zero-order valence-corrected chi connectivity index (χ0v) is 13.6. The van der Waals surface area contributed by atoms with E-state index >= 15 is 0 Å². The second kappa shape index (κ2) is 5.98. The molecule has 114 valence electrons. The number of fused-ring (bicyclic) bond motifs is 1. The molecule has 22 heavy (non-hydrogen) atoms. The average molecular weight is 292 g/mol. The zero-order valence-electron chi connectivity index (χ0n) is 13.6. The van der Waals surface area contributed by atoms with E-state index in [9.17, 15) is 0 Å². The number of nitrogens with zero attached hydrogens (tertiary/aromatic N) is 1. The van der Waals surface area contributed by atoms with Crippen LogP contribution < -0.4 is 5.73 Å². The lowest BCUT2D eigenvalue weighted by atomic mass is 9.90. The molecule has 0 spiro atoms. The third-order valence-electron chi connectivity index (χ3n) is 4.45. The number of hydrogen-bond acceptors (Lipinski definition) is 1. The van der Waals surface area contributed by atoms with Crippen molar-refractivity contribution in [2.75, 3.05) is 6.54 Å². The fraction of sp³-hybridized carbons (Fsp3) is 0.300. The van der Waals surface area contributed by atoms with E-state index in [0.717, 1.165) is 6.42 Å². The van der Waals surface area contributed by atoms with Crippen LogP contribution >= 0.6 is 0 Å². The van der Waals surface area contributed by atoms with E-state index in [4.69, 9.17) is 5.73 Å². The second-order valence-corrected chi connectivity index (χ2v) is 6.34. The molecule has 2 nitrogen and oxygen atoms in total. The lowest BCUT2D eigenvalue weighted by molar-refractivity contribution is 0.694. The monoisotopic (exact) mass is 292 g/mol. The van der Waals surface area contributed by atoms with E-state index in [1.165, 1.54) is 33.2 Å². The Bertz CT molecular complexity index is 778. The first-order valence-corrected chi connectivity index (χ1v) is 7.89. The van der Waals surface area contributed by atoms with E-state index in [1.54, 1.807) is 0 Å². The molecule has 0 amide bonds. The van der Waals surface area contributed by atoms with Gasteiger partial charge in [0.15, 0.2) is 0 Å². The number of nitrogens with two attached hydrogens (primary N) is 1. The van der Waals surface area contributed by atoms with Gasteiger partial charge in [-0.15, -0.1) is 0 Å². The number of rotatable bonds is 4. The van der Waals surface area contributed by atoms with Gasteiger partial charge in [0.05, 0.1) is 0 Å². The SMILES string of the molecule is Cc1cc(C)cc(C(CN)Cc2cn(C)c3ccccc23)c1. The maximum atomic E-state index is 6.10. The predicted molar refractivity (Wildman–Crippen MR) is 94.3 cm³/mol. The molecule has 3 rings (SSSR count). The van der Waals surface area contributed by atoms with Crippen LogP contribution in [0.25, 0.3) is 10.9 Å². The first-order chi connectivity index (χ1) is 10.6. The summed E-state index contributed by atoms with van der Waals surface area (Å²) in [6, 6.07) is 15.4. The molecule has 0 aliphatic heterocycles. The van der Waals surface area contributed by atoms with Gasteiger partial charge < -0.3 is 10.3 Å². The molecule has 0 saturated carbocycles. The van der Waals surface area contributed by atoms with Crippen LogP contribution in [0.4, 0.5) is 0 Å². The summed E-state index contributed by atoms with van der Waals surface area (Å²) in [5.41, 5.74) is 12.7. The lowest BCUT2D eigenvalue weighted by Crippen LogP contribution is -2.15. The van der Waals surface area contributed by atoms with Crippen LogP contribution in [0.2, 0.25) is 0 Å². The van der Waals surface area contributed by atoms with E-state index in [-0.39, 0.29) is 0 Å². The van der Waals surface area contributed by atoms with Gasteiger partial charge in [0.1, 0.15) is 0 Å². The van der Waals surface area contributed by atoms with Gasteiger partial charge in [0.2, 0.25) is 0 Å². The third kappa shape index (κ3) is 2.79. The Morgan fingerprint density at radius 3 is 2.41 bits per heavy atom. The number of para-hydroxylation sites is 1. The molecule has 0 radical (unpaired) electrons. The summed E-state index contributed by atoms with van der Waals surface area (Å²) >= 11 is 0. The van der Waals surface area contributed by atoms with Gasteiger partial charge in [-0.3, -0.25) is 0 Å².